The maximum atomic E-state index is 9.10. The van der Waals surface area contributed by atoms with Crippen LogP contribution in [0.3, 0.4) is 0 Å². The highest BCUT2D eigenvalue weighted by Gasteiger charge is 2.09. The molecule has 0 saturated heterocycles. The maximum absolute atomic E-state index is 9.10. The Balaban J connectivity index is 0.000000972. The molecule has 1 aromatic rings. The third-order valence-electron chi connectivity index (χ3n) is 3.95. The topological polar surface area (TPSA) is 105 Å². The van der Waals surface area contributed by atoms with Crippen LogP contribution in [0.5, 0.6) is 5.75 Å². The molecule has 0 heterocycles. The molecule has 1 rings (SSSR count). The van der Waals surface area contributed by atoms with Crippen LogP contribution >= 0.6 is 0 Å². The lowest BCUT2D eigenvalue weighted by Crippen LogP contribution is -2.18. The standard InChI is InChI=1S/C18H31NO2.C2H2O4/c1-4-16(2)17-10-5-6-11-18(17)21-15-8-7-12-19-13-9-14-20-3;3-1(4)2(5)6/h5-6,10-11,16,19H,4,7-9,12-15H2,1-3H3;(H,3,4)(H,5,6). The first-order chi connectivity index (χ1) is 12.9. The lowest BCUT2D eigenvalue weighted by molar-refractivity contribution is -0.159. The van der Waals surface area contributed by atoms with Gasteiger partial charge in [-0.1, -0.05) is 32.0 Å². The number of aliphatic carboxylic acids is 2. The van der Waals surface area contributed by atoms with Gasteiger partial charge in [0.15, 0.2) is 0 Å². The highest BCUT2D eigenvalue weighted by Crippen LogP contribution is 2.28. The van der Waals surface area contributed by atoms with Crippen LogP contribution < -0.4 is 10.1 Å². The van der Waals surface area contributed by atoms with E-state index in [0.717, 1.165) is 57.7 Å². The molecular weight excluding hydrogens is 350 g/mol. The minimum Gasteiger partial charge on any atom is -0.493 e. The van der Waals surface area contributed by atoms with E-state index < -0.39 is 11.9 Å². The first kappa shape index (κ1) is 24.9. The predicted octanol–water partition coefficient (Wildman–Crippen LogP) is 3.14. The van der Waals surface area contributed by atoms with Crippen molar-refractivity contribution in [1.82, 2.24) is 5.32 Å². The summed E-state index contributed by atoms with van der Waals surface area (Å²) in [6.45, 7) is 8.20. The summed E-state index contributed by atoms with van der Waals surface area (Å²) in [7, 11) is 1.74. The number of carboxylic acids is 2. The zero-order chi connectivity index (χ0) is 20.5. The Bertz CT molecular complexity index is 523. The summed E-state index contributed by atoms with van der Waals surface area (Å²) in [5.74, 6) is -2.03. The lowest BCUT2D eigenvalue weighted by atomic mass is 9.98. The average molecular weight is 383 g/mol. The van der Waals surface area contributed by atoms with E-state index >= 15 is 0 Å². The van der Waals surface area contributed by atoms with E-state index in [2.05, 4.69) is 43.4 Å². The number of unbranched alkanes of at least 4 members (excludes halogenated alkanes) is 1. The Kier molecular flexibility index (Phi) is 14.8. The Hall–Kier alpha value is -2.12. The van der Waals surface area contributed by atoms with Crippen molar-refractivity contribution in [3.05, 3.63) is 29.8 Å². The van der Waals surface area contributed by atoms with Crippen molar-refractivity contribution in [2.75, 3.05) is 33.4 Å². The highest BCUT2D eigenvalue weighted by atomic mass is 16.5. The van der Waals surface area contributed by atoms with Gasteiger partial charge in [0.2, 0.25) is 0 Å². The molecule has 7 heteroatoms. The Morgan fingerprint density at radius 1 is 1.04 bits per heavy atom. The number of para-hydroxylation sites is 1. The van der Waals surface area contributed by atoms with Gasteiger partial charge in [-0.05, 0) is 56.3 Å². The molecule has 0 aliphatic rings. The van der Waals surface area contributed by atoms with Gasteiger partial charge in [0.25, 0.3) is 0 Å². The van der Waals surface area contributed by atoms with E-state index in [9.17, 15) is 0 Å². The van der Waals surface area contributed by atoms with Gasteiger partial charge in [0.05, 0.1) is 6.61 Å². The molecule has 1 unspecified atom stereocenters. The van der Waals surface area contributed by atoms with Gasteiger partial charge in [-0.25, -0.2) is 9.59 Å². The van der Waals surface area contributed by atoms with E-state index in [4.69, 9.17) is 29.3 Å². The van der Waals surface area contributed by atoms with E-state index in [0.29, 0.717) is 5.92 Å². The molecule has 27 heavy (non-hydrogen) atoms. The number of ether oxygens (including phenoxy) is 2. The zero-order valence-corrected chi connectivity index (χ0v) is 16.6. The molecule has 0 aliphatic heterocycles. The Morgan fingerprint density at radius 3 is 2.26 bits per heavy atom. The molecule has 0 amide bonds. The SMILES string of the molecule is CCC(C)c1ccccc1OCCCCNCCCOC.O=C(O)C(=O)O. The minimum absolute atomic E-state index is 0.559. The number of carboxylic acid groups (broad SMARTS) is 2. The molecule has 1 aromatic carbocycles. The number of hydrogen-bond donors (Lipinski definition) is 3. The fourth-order valence-electron chi connectivity index (χ4n) is 2.24. The van der Waals surface area contributed by atoms with Gasteiger partial charge >= 0.3 is 11.9 Å². The van der Waals surface area contributed by atoms with Crippen molar-refractivity contribution in [3.63, 3.8) is 0 Å². The monoisotopic (exact) mass is 383 g/mol. The molecule has 0 aromatic heterocycles. The summed E-state index contributed by atoms with van der Waals surface area (Å²) in [5.41, 5.74) is 1.33. The van der Waals surface area contributed by atoms with Crippen molar-refractivity contribution in [2.45, 2.75) is 45.4 Å². The summed E-state index contributed by atoms with van der Waals surface area (Å²) in [4.78, 5) is 18.2. The van der Waals surface area contributed by atoms with E-state index in [1.54, 1.807) is 7.11 Å². The second kappa shape index (κ2) is 16.1. The Morgan fingerprint density at radius 2 is 1.67 bits per heavy atom. The van der Waals surface area contributed by atoms with Gasteiger partial charge in [-0.2, -0.15) is 0 Å². The average Bonchev–Trinajstić information content (AvgIpc) is 2.66. The van der Waals surface area contributed by atoms with Gasteiger partial charge in [-0.15, -0.1) is 0 Å². The largest absolute Gasteiger partial charge is 0.493 e. The molecule has 1 atom stereocenters. The molecule has 0 saturated carbocycles. The summed E-state index contributed by atoms with van der Waals surface area (Å²) < 4.78 is 11.0. The number of carbonyl (C=O) groups is 2. The first-order valence-electron chi connectivity index (χ1n) is 9.31. The Labute approximate surface area is 161 Å². The quantitative estimate of drug-likeness (QED) is 0.376. The van der Waals surface area contributed by atoms with Crippen molar-refractivity contribution in [2.24, 2.45) is 0 Å². The second-order valence-electron chi connectivity index (χ2n) is 6.11. The molecule has 154 valence electrons. The predicted molar refractivity (Wildman–Crippen MR) is 105 cm³/mol. The van der Waals surface area contributed by atoms with Gasteiger partial charge < -0.3 is 25.0 Å². The van der Waals surface area contributed by atoms with Crippen LogP contribution in [0, 0.1) is 0 Å². The number of hydrogen-bond acceptors (Lipinski definition) is 5. The maximum Gasteiger partial charge on any atom is 0.414 e. The smallest absolute Gasteiger partial charge is 0.414 e. The molecule has 3 N–H and O–H groups in total. The molecule has 0 spiro atoms. The van der Waals surface area contributed by atoms with Crippen molar-refractivity contribution in [1.29, 1.82) is 0 Å². The molecular formula is C20H33NO6. The van der Waals surface area contributed by atoms with E-state index in [-0.39, 0.29) is 0 Å². The van der Waals surface area contributed by atoms with Crippen LogP contribution in [0.15, 0.2) is 24.3 Å². The number of methoxy groups -OCH3 is 1. The molecule has 0 fully saturated rings. The van der Waals surface area contributed by atoms with Crippen LogP contribution in [0.1, 0.15) is 51.0 Å². The van der Waals surface area contributed by atoms with Crippen molar-refractivity contribution >= 4 is 11.9 Å². The van der Waals surface area contributed by atoms with Crippen LogP contribution in [0.4, 0.5) is 0 Å². The normalized spacial score (nSPS) is 11.2. The van der Waals surface area contributed by atoms with Crippen LogP contribution in [0.25, 0.3) is 0 Å². The van der Waals surface area contributed by atoms with Crippen LogP contribution in [-0.2, 0) is 14.3 Å². The van der Waals surface area contributed by atoms with Crippen molar-refractivity contribution < 1.29 is 29.3 Å². The summed E-state index contributed by atoms with van der Waals surface area (Å²) in [5, 5.41) is 18.2. The van der Waals surface area contributed by atoms with Gasteiger partial charge in [-0.3, -0.25) is 0 Å². The zero-order valence-electron chi connectivity index (χ0n) is 16.6. The molecule has 0 bridgehead atoms. The third-order valence-corrected chi connectivity index (χ3v) is 3.95. The van der Waals surface area contributed by atoms with Gasteiger partial charge in [0.1, 0.15) is 5.75 Å². The summed E-state index contributed by atoms with van der Waals surface area (Å²) in [6, 6.07) is 8.42. The first-order valence-corrected chi connectivity index (χ1v) is 9.31. The summed E-state index contributed by atoms with van der Waals surface area (Å²) >= 11 is 0. The van der Waals surface area contributed by atoms with Crippen molar-refractivity contribution in [3.8, 4) is 5.75 Å². The number of nitrogens with one attached hydrogen (secondary N) is 1. The molecule has 0 radical (unpaired) electrons. The fraction of sp³-hybridized carbons (Fsp3) is 0.600. The van der Waals surface area contributed by atoms with Crippen LogP contribution in [0.2, 0.25) is 0 Å². The summed E-state index contributed by atoms with van der Waals surface area (Å²) in [6.07, 6.45) is 4.46. The third kappa shape index (κ3) is 12.8. The minimum atomic E-state index is -1.82. The van der Waals surface area contributed by atoms with Crippen LogP contribution in [-0.4, -0.2) is 55.6 Å². The number of rotatable bonds is 12. The fourth-order valence-corrected chi connectivity index (χ4v) is 2.24. The van der Waals surface area contributed by atoms with Gasteiger partial charge in [0, 0.05) is 13.7 Å². The van der Waals surface area contributed by atoms with E-state index in [1.807, 2.05) is 0 Å². The second-order valence-corrected chi connectivity index (χ2v) is 6.11. The molecule has 0 aliphatic carbocycles. The van der Waals surface area contributed by atoms with E-state index in [1.165, 1.54) is 5.56 Å². The highest BCUT2D eigenvalue weighted by molar-refractivity contribution is 6.27. The lowest BCUT2D eigenvalue weighted by Gasteiger charge is -2.15. The molecule has 7 nitrogen and oxygen atoms in total. The number of benzene rings is 1.